The Kier molecular flexibility index (Phi) is 6.18. The summed E-state index contributed by atoms with van der Waals surface area (Å²) in [6.07, 6.45) is -2.79. The summed E-state index contributed by atoms with van der Waals surface area (Å²) in [5.41, 5.74) is 0.253. The highest BCUT2D eigenvalue weighted by Gasteiger charge is 2.36. The second-order valence-corrected chi connectivity index (χ2v) is 9.04. The molecule has 0 radical (unpaired) electrons. The van der Waals surface area contributed by atoms with Crippen LogP contribution in [0.4, 0.5) is 19.1 Å². The minimum Gasteiger partial charge on any atom is -0.389 e. The van der Waals surface area contributed by atoms with E-state index in [0.29, 0.717) is 39.4 Å². The van der Waals surface area contributed by atoms with Crippen LogP contribution in [0.1, 0.15) is 21.3 Å². The van der Waals surface area contributed by atoms with Crippen molar-refractivity contribution in [3.63, 3.8) is 0 Å². The minimum absolute atomic E-state index is 0.0216. The largest absolute Gasteiger partial charge is 0.419 e. The molecule has 13 heteroatoms. The molecule has 0 bridgehead atoms. The molecule has 3 aromatic rings. The van der Waals surface area contributed by atoms with Crippen molar-refractivity contribution in [2.24, 2.45) is 5.92 Å². The molecule has 32 heavy (non-hydrogen) atoms. The summed E-state index contributed by atoms with van der Waals surface area (Å²) in [6, 6.07) is 2.04. The van der Waals surface area contributed by atoms with Gasteiger partial charge in [-0.05, 0) is 0 Å². The van der Waals surface area contributed by atoms with E-state index in [-0.39, 0.29) is 37.1 Å². The highest BCUT2D eigenvalue weighted by molar-refractivity contribution is 7.16. The average Bonchev–Trinajstić information content (AvgIpc) is 3.33. The van der Waals surface area contributed by atoms with Gasteiger partial charge in [0.2, 0.25) is 5.95 Å². The molecule has 4 rings (SSSR count). The lowest BCUT2D eigenvalue weighted by Crippen LogP contribution is -2.51. The van der Waals surface area contributed by atoms with Gasteiger partial charge in [0.05, 0.1) is 53.3 Å². The molecule has 0 aliphatic carbocycles. The quantitative estimate of drug-likeness (QED) is 0.549. The maximum absolute atomic E-state index is 12.6. The first-order valence-electron chi connectivity index (χ1n) is 9.36. The van der Waals surface area contributed by atoms with Crippen LogP contribution in [0.3, 0.4) is 0 Å². The molecule has 0 atom stereocenters. The third-order valence-corrected chi connectivity index (χ3v) is 6.77. The molecular weight excluding hydrogens is 465 g/mol. The molecule has 0 unspecified atom stereocenters. The van der Waals surface area contributed by atoms with Gasteiger partial charge in [0, 0.05) is 30.9 Å². The summed E-state index contributed by atoms with van der Waals surface area (Å²) in [7, 11) is 0. The predicted molar refractivity (Wildman–Crippen MR) is 110 cm³/mol. The molecule has 166 valence electrons. The molecule has 8 nitrogen and oxygen atoms in total. The van der Waals surface area contributed by atoms with E-state index >= 15 is 0 Å². The van der Waals surface area contributed by atoms with Gasteiger partial charge in [-0.15, -0.1) is 22.7 Å². The predicted octanol–water partition coefficient (Wildman–Crippen LogP) is 2.88. The highest BCUT2D eigenvalue weighted by Crippen LogP contribution is 2.33. The van der Waals surface area contributed by atoms with Gasteiger partial charge in [0.25, 0.3) is 0 Å². The van der Waals surface area contributed by atoms with Crippen molar-refractivity contribution < 1.29 is 23.1 Å². The standard InChI is InChI=1S/C19H15F3N6O2S2/c20-19(21,22)11-4-24-18(25-5-11)28-6-10(7-28)14(30)3-15-27-13(9-31-15)17-12(1-2-23)26-16(8-29)32-17/h4-5,9-10,29H,1,3,6-8H2. The van der Waals surface area contributed by atoms with Crippen molar-refractivity contribution in [1.29, 1.82) is 5.26 Å². The van der Waals surface area contributed by atoms with E-state index < -0.39 is 11.7 Å². The van der Waals surface area contributed by atoms with Crippen molar-refractivity contribution in [2.75, 3.05) is 18.0 Å². The number of halogens is 3. The van der Waals surface area contributed by atoms with Crippen LogP contribution in [0.25, 0.3) is 10.6 Å². The number of Topliss-reactive ketones (excluding diaryl/α,β-unsaturated/α-hetero) is 1. The Labute approximate surface area is 188 Å². The lowest BCUT2D eigenvalue weighted by Gasteiger charge is -2.38. The Bertz CT molecular complexity index is 1160. The van der Waals surface area contributed by atoms with Crippen molar-refractivity contribution >= 4 is 34.4 Å². The van der Waals surface area contributed by atoms with E-state index in [2.05, 4.69) is 19.9 Å². The van der Waals surface area contributed by atoms with Crippen LogP contribution in [0.15, 0.2) is 17.8 Å². The topological polar surface area (TPSA) is 116 Å². The van der Waals surface area contributed by atoms with Crippen LogP contribution in [0, 0.1) is 17.2 Å². The van der Waals surface area contributed by atoms with Crippen LogP contribution in [-0.4, -0.2) is 43.9 Å². The summed E-state index contributed by atoms with van der Waals surface area (Å²) in [5, 5.41) is 21.2. The van der Waals surface area contributed by atoms with E-state index in [4.69, 9.17) is 5.26 Å². The smallest absolute Gasteiger partial charge is 0.389 e. The number of nitrogens with zero attached hydrogens (tertiary/aromatic N) is 6. The number of alkyl halides is 3. The number of hydrogen-bond acceptors (Lipinski definition) is 10. The number of aromatic nitrogens is 4. The Morgan fingerprint density at radius 1 is 1.25 bits per heavy atom. The number of nitriles is 1. The molecule has 1 aliphatic heterocycles. The van der Waals surface area contributed by atoms with Gasteiger partial charge in [-0.1, -0.05) is 0 Å². The number of carbonyl (C=O) groups excluding carboxylic acids is 1. The van der Waals surface area contributed by atoms with Crippen LogP contribution < -0.4 is 4.90 Å². The first-order valence-corrected chi connectivity index (χ1v) is 11.1. The number of thiazole rings is 2. The van der Waals surface area contributed by atoms with Crippen molar-refractivity contribution in [2.45, 2.75) is 25.6 Å². The van der Waals surface area contributed by atoms with Crippen LogP contribution in [0.5, 0.6) is 0 Å². The van der Waals surface area contributed by atoms with Crippen LogP contribution in [0.2, 0.25) is 0 Å². The van der Waals surface area contributed by atoms with Gasteiger partial charge in [0.15, 0.2) is 0 Å². The minimum atomic E-state index is -4.49. The molecule has 0 aromatic carbocycles. The summed E-state index contributed by atoms with van der Waals surface area (Å²) in [4.78, 5) is 31.2. The third kappa shape index (κ3) is 4.62. The van der Waals surface area contributed by atoms with Crippen molar-refractivity contribution in [1.82, 2.24) is 19.9 Å². The zero-order chi connectivity index (χ0) is 22.9. The number of ketones is 1. The molecular formula is C19H15F3N6O2S2. The molecule has 4 heterocycles. The molecule has 3 aromatic heterocycles. The first kappa shape index (κ1) is 22.3. The number of aliphatic hydroxyl groups is 1. The second-order valence-electron chi connectivity index (χ2n) is 7.02. The normalized spacial score (nSPS) is 14.3. The summed E-state index contributed by atoms with van der Waals surface area (Å²) in [5.74, 6) is -0.132. The van der Waals surface area contributed by atoms with E-state index in [1.54, 1.807) is 10.3 Å². The lowest BCUT2D eigenvalue weighted by molar-refractivity contribution is -0.138. The van der Waals surface area contributed by atoms with Gasteiger partial charge in [-0.2, -0.15) is 18.4 Å². The number of aliphatic hydroxyl groups excluding tert-OH is 1. The Morgan fingerprint density at radius 3 is 2.59 bits per heavy atom. The molecule has 1 fully saturated rings. The molecule has 1 N–H and O–H groups in total. The lowest BCUT2D eigenvalue weighted by atomic mass is 9.94. The fourth-order valence-electron chi connectivity index (χ4n) is 3.13. The Morgan fingerprint density at radius 2 is 1.97 bits per heavy atom. The van der Waals surface area contributed by atoms with Gasteiger partial charge < -0.3 is 10.0 Å². The fraction of sp³-hybridized carbons (Fsp3) is 0.368. The van der Waals surface area contributed by atoms with Gasteiger partial charge in [-0.3, -0.25) is 4.79 Å². The van der Waals surface area contributed by atoms with E-state index in [9.17, 15) is 23.1 Å². The molecule has 0 amide bonds. The number of carbonyl (C=O) groups is 1. The zero-order valence-corrected chi connectivity index (χ0v) is 18.0. The SMILES string of the molecule is N#CCc1nc(CO)sc1-c1csc(CC(=O)C2CN(c3ncc(C(F)(F)F)cn3)C2)n1. The number of rotatable bonds is 7. The molecule has 1 saturated heterocycles. The summed E-state index contributed by atoms with van der Waals surface area (Å²) >= 11 is 2.59. The maximum atomic E-state index is 12.6. The first-order chi connectivity index (χ1) is 15.3. The van der Waals surface area contributed by atoms with Crippen molar-refractivity contribution in [3.05, 3.63) is 39.0 Å². The van der Waals surface area contributed by atoms with Gasteiger partial charge in [0.1, 0.15) is 15.8 Å². The second kappa shape index (κ2) is 8.89. The zero-order valence-electron chi connectivity index (χ0n) is 16.3. The fourth-order valence-corrected chi connectivity index (χ4v) is 4.90. The van der Waals surface area contributed by atoms with Crippen LogP contribution >= 0.6 is 22.7 Å². The molecule has 0 saturated carbocycles. The molecule has 0 spiro atoms. The van der Waals surface area contributed by atoms with E-state index in [0.717, 1.165) is 12.4 Å². The molecule has 1 aliphatic rings. The number of anilines is 1. The Balaban J connectivity index is 1.36. The summed E-state index contributed by atoms with van der Waals surface area (Å²) in [6.45, 7) is 0.451. The Hall–Kier alpha value is -2.95. The third-order valence-electron chi connectivity index (χ3n) is 4.82. The van der Waals surface area contributed by atoms with E-state index in [1.165, 1.54) is 22.7 Å². The van der Waals surface area contributed by atoms with Crippen molar-refractivity contribution in [3.8, 4) is 16.6 Å². The van der Waals surface area contributed by atoms with Crippen LogP contribution in [-0.2, 0) is 30.4 Å². The monoisotopic (exact) mass is 480 g/mol. The van der Waals surface area contributed by atoms with Gasteiger partial charge in [-0.25, -0.2) is 19.9 Å². The number of hydrogen-bond donors (Lipinski definition) is 1. The maximum Gasteiger partial charge on any atom is 0.419 e. The highest BCUT2D eigenvalue weighted by atomic mass is 32.1. The van der Waals surface area contributed by atoms with E-state index in [1.807, 2.05) is 6.07 Å². The average molecular weight is 480 g/mol. The summed E-state index contributed by atoms with van der Waals surface area (Å²) < 4.78 is 37.8. The van der Waals surface area contributed by atoms with Gasteiger partial charge >= 0.3 is 6.18 Å².